The molecular formula is C11H22NO+. The smallest absolute Gasteiger partial charge is 0.177 e. The van der Waals surface area contributed by atoms with Crippen molar-refractivity contribution in [3.8, 4) is 0 Å². The molecule has 1 saturated heterocycles. The van der Waals surface area contributed by atoms with Crippen molar-refractivity contribution in [3.05, 3.63) is 0 Å². The zero-order valence-corrected chi connectivity index (χ0v) is 8.96. The van der Waals surface area contributed by atoms with Crippen molar-refractivity contribution in [2.75, 3.05) is 20.1 Å². The van der Waals surface area contributed by atoms with Crippen molar-refractivity contribution in [2.45, 2.75) is 45.1 Å². The largest absolute Gasteiger partial charge is 0.318 e. The summed E-state index contributed by atoms with van der Waals surface area (Å²) in [4.78, 5) is 10.8. The molecule has 2 atom stereocenters. The number of unbranched alkanes of at least 4 members (excludes halogenated alkanes) is 2. The van der Waals surface area contributed by atoms with Gasteiger partial charge in [0.2, 0.25) is 0 Å². The van der Waals surface area contributed by atoms with Gasteiger partial charge in [-0.25, -0.2) is 0 Å². The van der Waals surface area contributed by atoms with Crippen LogP contribution >= 0.6 is 0 Å². The molecule has 1 aliphatic heterocycles. The first-order valence-corrected chi connectivity index (χ1v) is 5.52. The van der Waals surface area contributed by atoms with Crippen LogP contribution in [0.1, 0.15) is 39.0 Å². The van der Waals surface area contributed by atoms with Gasteiger partial charge in [0.05, 0.1) is 20.1 Å². The lowest BCUT2D eigenvalue weighted by atomic mass is 10.2. The molecule has 1 aliphatic rings. The molecule has 0 bridgehead atoms. The number of hydrogen-bond donors (Lipinski definition) is 0. The molecule has 0 aromatic heterocycles. The van der Waals surface area contributed by atoms with Gasteiger partial charge >= 0.3 is 0 Å². The normalized spacial score (nSPS) is 33.5. The molecule has 0 aromatic rings. The monoisotopic (exact) mass is 184 g/mol. The van der Waals surface area contributed by atoms with Gasteiger partial charge in [0, 0.05) is 12.8 Å². The Morgan fingerprint density at radius 1 is 1.46 bits per heavy atom. The van der Waals surface area contributed by atoms with Gasteiger partial charge in [0.15, 0.2) is 6.29 Å². The van der Waals surface area contributed by atoms with E-state index < -0.39 is 0 Å². The van der Waals surface area contributed by atoms with Crippen LogP contribution < -0.4 is 0 Å². The van der Waals surface area contributed by atoms with Crippen LogP contribution in [0.5, 0.6) is 0 Å². The fourth-order valence-corrected chi connectivity index (χ4v) is 2.35. The predicted molar refractivity (Wildman–Crippen MR) is 54.5 cm³/mol. The summed E-state index contributed by atoms with van der Waals surface area (Å²) in [6, 6.07) is 0.289. The number of carbonyl (C=O) groups is 1. The molecule has 0 amide bonds. The van der Waals surface area contributed by atoms with E-state index in [1.54, 1.807) is 0 Å². The second kappa shape index (κ2) is 4.75. The summed E-state index contributed by atoms with van der Waals surface area (Å²) in [5.74, 6) is 0. The van der Waals surface area contributed by atoms with Gasteiger partial charge in [-0.2, -0.15) is 0 Å². The summed E-state index contributed by atoms with van der Waals surface area (Å²) in [6.07, 6.45) is 7.35. The highest BCUT2D eigenvalue weighted by Crippen LogP contribution is 2.24. The Hall–Kier alpha value is -0.370. The lowest BCUT2D eigenvalue weighted by Gasteiger charge is -2.33. The van der Waals surface area contributed by atoms with E-state index in [2.05, 4.69) is 14.0 Å². The van der Waals surface area contributed by atoms with Crippen LogP contribution in [0.25, 0.3) is 0 Å². The third-order valence-electron chi connectivity index (χ3n) is 3.40. The standard InChI is InChI=1S/C11H22NO/c1-3-4-5-8-12(2)9-6-7-11(12)10-13/h10-11H,3-9H2,1-2H3/q+1. The minimum absolute atomic E-state index is 0.289. The first kappa shape index (κ1) is 10.7. The minimum atomic E-state index is 0.289. The molecule has 1 fully saturated rings. The molecule has 13 heavy (non-hydrogen) atoms. The van der Waals surface area contributed by atoms with Gasteiger partial charge < -0.3 is 4.48 Å². The molecule has 2 nitrogen and oxygen atoms in total. The number of likely N-dealkylation sites (tertiary alicyclic amines) is 1. The van der Waals surface area contributed by atoms with Crippen molar-refractivity contribution >= 4 is 6.29 Å². The van der Waals surface area contributed by atoms with Crippen molar-refractivity contribution in [2.24, 2.45) is 0 Å². The third-order valence-corrected chi connectivity index (χ3v) is 3.40. The molecule has 76 valence electrons. The maximum absolute atomic E-state index is 10.8. The summed E-state index contributed by atoms with van der Waals surface area (Å²) >= 11 is 0. The van der Waals surface area contributed by atoms with Crippen LogP contribution in [-0.2, 0) is 4.79 Å². The highest BCUT2D eigenvalue weighted by molar-refractivity contribution is 5.56. The Labute approximate surface area is 81.5 Å². The Balaban J connectivity index is 2.39. The van der Waals surface area contributed by atoms with Gasteiger partial charge in [0.25, 0.3) is 0 Å². The van der Waals surface area contributed by atoms with E-state index in [0.717, 1.165) is 10.9 Å². The first-order valence-electron chi connectivity index (χ1n) is 5.52. The first-order chi connectivity index (χ1) is 6.23. The van der Waals surface area contributed by atoms with Crippen molar-refractivity contribution in [1.82, 2.24) is 0 Å². The quantitative estimate of drug-likeness (QED) is 0.363. The van der Waals surface area contributed by atoms with E-state index >= 15 is 0 Å². The Kier molecular flexibility index (Phi) is 3.91. The van der Waals surface area contributed by atoms with E-state index in [4.69, 9.17) is 0 Å². The van der Waals surface area contributed by atoms with Gasteiger partial charge in [-0.05, 0) is 12.8 Å². The predicted octanol–water partition coefficient (Wildman–Crippen LogP) is 1.98. The number of quaternary nitrogens is 1. The molecule has 0 radical (unpaired) electrons. The Morgan fingerprint density at radius 3 is 2.85 bits per heavy atom. The van der Waals surface area contributed by atoms with Crippen LogP contribution in [0.2, 0.25) is 0 Å². The topological polar surface area (TPSA) is 17.1 Å². The average molecular weight is 184 g/mol. The molecule has 2 unspecified atom stereocenters. The van der Waals surface area contributed by atoms with Gasteiger partial charge in [-0.1, -0.05) is 13.3 Å². The number of rotatable bonds is 5. The molecule has 0 aliphatic carbocycles. The number of likely N-dealkylation sites (N-methyl/N-ethyl adjacent to an activating group) is 1. The molecule has 1 rings (SSSR count). The van der Waals surface area contributed by atoms with Gasteiger partial charge in [-0.3, -0.25) is 4.79 Å². The molecular weight excluding hydrogens is 162 g/mol. The Morgan fingerprint density at radius 2 is 2.23 bits per heavy atom. The van der Waals surface area contributed by atoms with Crippen LogP contribution in [0, 0.1) is 0 Å². The van der Waals surface area contributed by atoms with Gasteiger partial charge in [-0.15, -0.1) is 0 Å². The number of hydrogen-bond acceptors (Lipinski definition) is 1. The zero-order chi connectivity index (χ0) is 9.73. The second-order valence-electron chi connectivity index (χ2n) is 4.48. The summed E-state index contributed by atoms with van der Waals surface area (Å²) in [6.45, 7) is 4.62. The lowest BCUT2D eigenvalue weighted by molar-refractivity contribution is -0.911. The molecule has 1 heterocycles. The van der Waals surface area contributed by atoms with Crippen molar-refractivity contribution < 1.29 is 9.28 Å². The fraction of sp³-hybridized carbons (Fsp3) is 0.909. The van der Waals surface area contributed by atoms with Crippen molar-refractivity contribution in [1.29, 1.82) is 0 Å². The highest BCUT2D eigenvalue weighted by Gasteiger charge is 2.36. The molecule has 0 spiro atoms. The number of aldehydes is 1. The summed E-state index contributed by atoms with van der Waals surface area (Å²) in [5.41, 5.74) is 0. The third kappa shape index (κ3) is 2.53. The van der Waals surface area contributed by atoms with Crippen LogP contribution in [0.15, 0.2) is 0 Å². The summed E-state index contributed by atoms with van der Waals surface area (Å²) < 4.78 is 1.00. The lowest BCUT2D eigenvalue weighted by Crippen LogP contribution is -2.49. The average Bonchev–Trinajstić information content (AvgIpc) is 2.47. The molecule has 0 saturated carbocycles. The second-order valence-corrected chi connectivity index (χ2v) is 4.48. The highest BCUT2D eigenvalue weighted by atomic mass is 16.1. The maximum atomic E-state index is 10.8. The maximum Gasteiger partial charge on any atom is 0.177 e. The zero-order valence-electron chi connectivity index (χ0n) is 8.96. The number of nitrogens with zero attached hydrogens (tertiary/aromatic N) is 1. The SMILES string of the molecule is CCCCC[N+]1(C)CCCC1C=O. The van der Waals surface area contributed by atoms with E-state index in [1.165, 1.54) is 45.1 Å². The van der Waals surface area contributed by atoms with E-state index in [9.17, 15) is 4.79 Å². The molecule has 0 aromatic carbocycles. The van der Waals surface area contributed by atoms with Crippen LogP contribution in [0.3, 0.4) is 0 Å². The fourth-order valence-electron chi connectivity index (χ4n) is 2.35. The summed E-state index contributed by atoms with van der Waals surface area (Å²) in [5, 5.41) is 0. The van der Waals surface area contributed by atoms with Crippen LogP contribution in [-0.4, -0.2) is 36.9 Å². The van der Waals surface area contributed by atoms with E-state index in [0.29, 0.717) is 0 Å². The minimum Gasteiger partial charge on any atom is -0.318 e. The summed E-state index contributed by atoms with van der Waals surface area (Å²) in [7, 11) is 2.24. The Bertz CT molecular complexity index is 169. The molecule has 2 heteroatoms. The van der Waals surface area contributed by atoms with Crippen LogP contribution in [0.4, 0.5) is 0 Å². The van der Waals surface area contributed by atoms with E-state index in [-0.39, 0.29) is 6.04 Å². The van der Waals surface area contributed by atoms with E-state index in [1.807, 2.05) is 0 Å². The molecule has 0 N–H and O–H groups in total. The number of carbonyl (C=O) groups excluding carboxylic acids is 1. The van der Waals surface area contributed by atoms with Crippen molar-refractivity contribution in [3.63, 3.8) is 0 Å². The van der Waals surface area contributed by atoms with Gasteiger partial charge in [0.1, 0.15) is 6.04 Å².